The Labute approximate surface area is 480 Å². The number of ether oxygens (including phenoxy) is 3. The minimum Gasteiger partial charge on any atom is -0.462 e. The molecule has 0 fully saturated rings. The van der Waals surface area contributed by atoms with Gasteiger partial charge in [-0.1, -0.05) is 327 Å². The largest absolute Gasteiger partial charge is 0.462 e. The molecule has 0 heterocycles. The molecule has 0 aromatic rings. The standard InChI is InChI=1S/C71H132O6/c1-4-7-10-13-16-19-22-24-26-28-30-31-32-33-34-35-36-37-38-39-40-42-43-45-47-49-52-55-58-61-64-70(73)76-67-68(66-75-69(72)63-60-57-54-51-21-18-15-12-9-6-3)77-71(74)65-62-59-56-53-50-48-46-44-41-29-27-25-23-20-17-14-11-8-5-2/h12,15,17,20,25,27,68H,4-11,13-14,16,18-19,21-24,26,28-67H2,1-3H3/b15-12-,20-17-,27-25-. The summed E-state index contributed by atoms with van der Waals surface area (Å²) in [5, 5.41) is 0. The Morgan fingerprint density at radius 3 is 0.805 bits per heavy atom. The number of carbonyl (C=O) groups is 3. The van der Waals surface area contributed by atoms with Crippen LogP contribution in [0.1, 0.15) is 380 Å². The van der Waals surface area contributed by atoms with Crippen LogP contribution in [0.2, 0.25) is 0 Å². The molecule has 0 aliphatic rings. The van der Waals surface area contributed by atoms with Crippen molar-refractivity contribution < 1.29 is 28.6 Å². The van der Waals surface area contributed by atoms with Crippen molar-refractivity contribution in [2.45, 2.75) is 386 Å². The van der Waals surface area contributed by atoms with E-state index in [1.807, 2.05) is 0 Å². The molecule has 0 aliphatic carbocycles. The average molecular weight is 1080 g/mol. The Bertz CT molecular complexity index is 1290. The summed E-state index contributed by atoms with van der Waals surface area (Å²) < 4.78 is 16.9. The van der Waals surface area contributed by atoms with Crippen molar-refractivity contribution in [2.75, 3.05) is 13.2 Å². The van der Waals surface area contributed by atoms with E-state index in [9.17, 15) is 14.4 Å². The van der Waals surface area contributed by atoms with Crippen molar-refractivity contribution in [3.05, 3.63) is 36.5 Å². The first-order valence-corrected chi connectivity index (χ1v) is 34.5. The van der Waals surface area contributed by atoms with Gasteiger partial charge in [-0.25, -0.2) is 0 Å². The van der Waals surface area contributed by atoms with E-state index >= 15 is 0 Å². The van der Waals surface area contributed by atoms with Crippen LogP contribution in [0.3, 0.4) is 0 Å². The summed E-state index contributed by atoms with van der Waals surface area (Å²) in [6.07, 6.45) is 81.9. The number of hydrogen-bond acceptors (Lipinski definition) is 6. The zero-order valence-corrected chi connectivity index (χ0v) is 52.0. The Balaban J connectivity index is 4.09. The highest BCUT2D eigenvalue weighted by Gasteiger charge is 2.19. The normalized spacial score (nSPS) is 12.2. The molecule has 0 saturated carbocycles. The van der Waals surface area contributed by atoms with E-state index in [-0.39, 0.29) is 31.1 Å². The summed E-state index contributed by atoms with van der Waals surface area (Å²) in [5.74, 6) is -0.865. The maximum atomic E-state index is 12.9. The van der Waals surface area contributed by atoms with Gasteiger partial charge in [0.15, 0.2) is 6.10 Å². The first kappa shape index (κ1) is 74.6. The van der Waals surface area contributed by atoms with E-state index < -0.39 is 6.10 Å². The van der Waals surface area contributed by atoms with Gasteiger partial charge in [0.1, 0.15) is 13.2 Å². The van der Waals surface area contributed by atoms with Gasteiger partial charge in [0, 0.05) is 19.3 Å². The van der Waals surface area contributed by atoms with E-state index in [1.54, 1.807) is 0 Å². The van der Waals surface area contributed by atoms with Crippen LogP contribution in [-0.2, 0) is 28.6 Å². The molecule has 6 nitrogen and oxygen atoms in total. The molecular weight excluding hydrogens is 949 g/mol. The fraction of sp³-hybridized carbons (Fsp3) is 0.873. The maximum absolute atomic E-state index is 12.9. The minimum atomic E-state index is -0.776. The van der Waals surface area contributed by atoms with E-state index in [4.69, 9.17) is 14.2 Å². The number of allylic oxidation sites excluding steroid dienone is 6. The van der Waals surface area contributed by atoms with Gasteiger partial charge >= 0.3 is 17.9 Å². The van der Waals surface area contributed by atoms with Gasteiger partial charge in [-0.2, -0.15) is 0 Å². The summed E-state index contributed by atoms with van der Waals surface area (Å²) in [6, 6.07) is 0. The average Bonchev–Trinajstić information content (AvgIpc) is 3.43. The highest BCUT2D eigenvalue weighted by Crippen LogP contribution is 2.19. The molecule has 0 rings (SSSR count). The van der Waals surface area contributed by atoms with Gasteiger partial charge in [-0.15, -0.1) is 0 Å². The second kappa shape index (κ2) is 66.1. The Morgan fingerprint density at radius 2 is 0.494 bits per heavy atom. The van der Waals surface area contributed by atoms with E-state index in [0.29, 0.717) is 19.3 Å². The van der Waals surface area contributed by atoms with Gasteiger partial charge in [0.05, 0.1) is 0 Å². The first-order chi connectivity index (χ1) is 38.0. The van der Waals surface area contributed by atoms with Crippen molar-refractivity contribution in [3.8, 4) is 0 Å². The van der Waals surface area contributed by atoms with Crippen LogP contribution in [0.15, 0.2) is 36.5 Å². The zero-order chi connectivity index (χ0) is 55.7. The lowest BCUT2D eigenvalue weighted by atomic mass is 10.0. The molecule has 0 saturated heterocycles. The monoisotopic (exact) mass is 1080 g/mol. The molecule has 1 unspecified atom stereocenters. The lowest BCUT2D eigenvalue weighted by Gasteiger charge is -2.18. The number of unbranched alkanes of at least 4 members (excludes halogenated alkanes) is 47. The third-order valence-corrected chi connectivity index (χ3v) is 15.6. The fourth-order valence-electron chi connectivity index (χ4n) is 10.4. The zero-order valence-electron chi connectivity index (χ0n) is 52.0. The van der Waals surface area contributed by atoms with Crippen molar-refractivity contribution >= 4 is 17.9 Å². The predicted octanol–water partition coefficient (Wildman–Crippen LogP) is 23.6. The number of rotatable bonds is 64. The van der Waals surface area contributed by atoms with Gasteiger partial charge < -0.3 is 14.2 Å². The molecule has 0 radical (unpaired) electrons. The Kier molecular flexibility index (Phi) is 64.1. The van der Waals surface area contributed by atoms with E-state index in [1.165, 1.54) is 263 Å². The van der Waals surface area contributed by atoms with E-state index in [0.717, 1.165) is 77.0 Å². The number of esters is 3. The van der Waals surface area contributed by atoms with Crippen LogP contribution in [0, 0.1) is 0 Å². The van der Waals surface area contributed by atoms with Crippen molar-refractivity contribution in [1.29, 1.82) is 0 Å². The second-order valence-corrected chi connectivity index (χ2v) is 23.4. The van der Waals surface area contributed by atoms with Crippen LogP contribution >= 0.6 is 0 Å². The van der Waals surface area contributed by atoms with Gasteiger partial charge in [0.25, 0.3) is 0 Å². The molecule has 0 amide bonds. The SMILES string of the molecule is CCC/C=C\CCCCCCCC(=O)OCC(COC(=O)CCCCCCCCCCCCCCCCCCCCCCCCCCCCCCCC)OC(=O)CCCCCCCCCCC/C=C\C/C=C\CCCCC. The van der Waals surface area contributed by atoms with Crippen molar-refractivity contribution in [1.82, 2.24) is 0 Å². The molecule has 0 bridgehead atoms. The number of carbonyl (C=O) groups excluding carboxylic acids is 3. The summed E-state index contributed by atoms with van der Waals surface area (Å²) in [5.41, 5.74) is 0. The number of hydrogen-bond donors (Lipinski definition) is 0. The highest BCUT2D eigenvalue weighted by atomic mass is 16.6. The van der Waals surface area contributed by atoms with Gasteiger partial charge in [-0.3, -0.25) is 14.4 Å². The van der Waals surface area contributed by atoms with E-state index in [2.05, 4.69) is 57.2 Å². The lowest BCUT2D eigenvalue weighted by Crippen LogP contribution is -2.30. The molecular formula is C71H132O6. The summed E-state index contributed by atoms with van der Waals surface area (Å²) >= 11 is 0. The third-order valence-electron chi connectivity index (χ3n) is 15.6. The highest BCUT2D eigenvalue weighted by molar-refractivity contribution is 5.71. The van der Waals surface area contributed by atoms with Crippen molar-refractivity contribution in [3.63, 3.8) is 0 Å². The third kappa shape index (κ3) is 64.3. The lowest BCUT2D eigenvalue weighted by molar-refractivity contribution is -0.167. The smallest absolute Gasteiger partial charge is 0.306 e. The van der Waals surface area contributed by atoms with Crippen LogP contribution in [0.4, 0.5) is 0 Å². The molecule has 452 valence electrons. The van der Waals surface area contributed by atoms with Crippen LogP contribution < -0.4 is 0 Å². The predicted molar refractivity (Wildman–Crippen MR) is 335 cm³/mol. The summed E-state index contributed by atoms with van der Waals surface area (Å²) in [4.78, 5) is 38.3. The Morgan fingerprint density at radius 1 is 0.260 bits per heavy atom. The minimum absolute atomic E-state index is 0.0725. The quantitative estimate of drug-likeness (QED) is 0.0261. The topological polar surface area (TPSA) is 78.9 Å². The molecule has 0 N–H and O–H groups in total. The summed E-state index contributed by atoms with van der Waals surface area (Å²) in [7, 11) is 0. The first-order valence-electron chi connectivity index (χ1n) is 34.5. The molecule has 6 heteroatoms. The fourth-order valence-corrected chi connectivity index (χ4v) is 10.4. The van der Waals surface area contributed by atoms with Crippen LogP contribution in [0.25, 0.3) is 0 Å². The van der Waals surface area contributed by atoms with Crippen LogP contribution in [-0.4, -0.2) is 37.2 Å². The molecule has 0 spiro atoms. The van der Waals surface area contributed by atoms with Crippen LogP contribution in [0.5, 0.6) is 0 Å². The molecule has 77 heavy (non-hydrogen) atoms. The Hall–Kier alpha value is -2.37. The molecule has 0 aromatic carbocycles. The maximum Gasteiger partial charge on any atom is 0.306 e. The molecule has 1 atom stereocenters. The second-order valence-electron chi connectivity index (χ2n) is 23.4. The molecule has 0 aliphatic heterocycles. The van der Waals surface area contributed by atoms with Gasteiger partial charge in [0.2, 0.25) is 0 Å². The van der Waals surface area contributed by atoms with Gasteiger partial charge in [-0.05, 0) is 70.6 Å². The molecule has 0 aromatic heterocycles. The van der Waals surface area contributed by atoms with Crippen molar-refractivity contribution in [2.24, 2.45) is 0 Å². The summed E-state index contributed by atoms with van der Waals surface area (Å²) in [6.45, 7) is 6.61.